The molecular formula is C13H10INO2. The number of hydrogen-bond acceptors (Lipinski definition) is 2. The monoisotopic (exact) mass is 339 g/mol. The molecule has 0 saturated carbocycles. The van der Waals surface area contributed by atoms with Gasteiger partial charge in [-0.1, -0.05) is 24.3 Å². The van der Waals surface area contributed by atoms with Gasteiger partial charge in [0.15, 0.2) is 0 Å². The van der Waals surface area contributed by atoms with Crippen molar-refractivity contribution in [3.63, 3.8) is 0 Å². The fourth-order valence-electron chi connectivity index (χ4n) is 1.76. The maximum atomic E-state index is 10.9. The largest absolute Gasteiger partial charge is 0.272 e. The van der Waals surface area contributed by atoms with E-state index in [-0.39, 0.29) is 10.6 Å². The Bertz CT molecular complexity index is 564. The number of hydrogen-bond donors (Lipinski definition) is 0. The Hall–Kier alpha value is -1.43. The van der Waals surface area contributed by atoms with Crippen LogP contribution in [0.5, 0.6) is 0 Å². The first-order valence-corrected chi connectivity index (χ1v) is 6.17. The normalized spacial score (nSPS) is 10.2. The first-order valence-electron chi connectivity index (χ1n) is 5.09. The van der Waals surface area contributed by atoms with Gasteiger partial charge in [0.05, 0.1) is 4.92 Å². The van der Waals surface area contributed by atoms with Gasteiger partial charge in [-0.05, 0) is 52.8 Å². The van der Waals surface area contributed by atoms with Crippen LogP contribution in [0.2, 0.25) is 0 Å². The van der Waals surface area contributed by atoms with Gasteiger partial charge in [0.1, 0.15) is 0 Å². The van der Waals surface area contributed by atoms with Gasteiger partial charge in [0, 0.05) is 15.2 Å². The molecule has 0 bridgehead atoms. The minimum Gasteiger partial charge on any atom is -0.258 e. The summed E-state index contributed by atoms with van der Waals surface area (Å²) in [6.07, 6.45) is 0. The smallest absolute Gasteiger partial charge is 0.258 e. The van der Waals surface area contributed by atoms with Crippen LogP contribution >= 0.6 is 22.6 Å². The summed E-state index contributed by atoms with van der Waals surface area (Å²) in [7, 11) is 0. The highest BCUT2D eigenvalue weighted by molar-refractivity contribution is 14.1. The first kappa shape index (κ1) is 12.0. The van der Waals surface area contributed by atoms with Gasteiger partial charge in [0.25, 0.3) is 5.69 Å². The molecule has 2 rings (SSSR count). The lowest BCUT2D eigenvalue weighted by Crippen LogP contribution is -1.93. The highest BCUT2D eigenvalue weighted by Crippen LogP contribution is 2.29. The summed E-state index contributed by atoms with van der Waals surface area (Å²) >= 11 is 2.23. The summed E-state index contributed by atoms with van der Waals surface area (Å²) in [6, 6.07) is 13.1. The van der Waals surface area contributed by atoms with Crippen molar-refractivity contribution >= 4 is 28.3 Å². The van der Waals surface area contributed by atoms with Crippen LogP contribution in [0.3, 0.4) is 0 Å². The molecule has 4 heteroatoms. The molecule has 0 aromatic heterocycles. The highest BCUT2D eigenvalue weighted by atomic mass is 127. The number of nitrogens with zero attached hydrogens (tertiary/aromatic N) is 1. The van der Waals surface area contributed by atoms with Crippen LogP contribution in [0, 0.1) is 20.6 Å². The molecule has 0 fully saturated rings. The van der Waals surface area contributed by atoms with E-state index in [4.69, 9.17) is 0 Å². The van der Waals surface area contributed by atoms with Crippen molar-refractivity contribution in [2.24, 2.45) is 0 Å². The molecule has 0 aliphatic carbocycles. The SMILES string of the molecule is Cc1c(-c2ccc(I)cc2)cccc1[N+](=O)[O-]. The summed E-state index contributed by atoms with van der Waals surface area (Å²) in [5.41, 5.74) is 2.79. The number of halogens is 1. The summed E-state index contributed by atoms with van der Waals surface area (Å²) in [5, 5.41) is 10.9. The van der Waals surface area contributed by atoms with Crippen molar-refractivity contribution < 1.29 is 4.92 Å². The Labute approximate surface area is 113 Å². The Balaban J connectivity index is 2.56. The van der Waals surface area contributed by atoms with Crippen LogP contribution in [0.15, 0.2) is 42.5 Å². The molecular weight excluding hydrogens is 329 g/mol. The Morgan fingerprint density at radius 3 is 2.35 bits per heavy atom. The quantitative estimate of drug-likeness (QED) is 0.468. The van der Waals surface area contributed by atoms with E-state index in [1.165, 1.54) is 6.07 Å². The second-order valence-electron chi connectivity index (χ2n) is 3.71. The van der Waals surface area contributed by atoms with E-state index >= 15 is 0 Å². The van der Waals surface area contributed by atoms with Gasteiger partial charge >= 0.3 is 0 Å². The number of nitro benzene ring substituents is 1. The molecule has 2 aromatic rings. The molecule has 17 heavy (non-hydrogen) atoms. The maximum absolute atomic E-state index is 10.9. The molecule has 0 aliphatic heterocycles. The third-order valence-electron chi connectivity index (χ3n) is 2.66. The highest BCUT2D eigenvalue weighted by Gasteiger charge is 2.13. The Kier molecular flexibility index (Phi) is 3.42. The predicted octanol–water partition coefficient (Wildman–Crippen LogP) is 4.17. The zero-order chi connectivity index (χ0) is 12.4. The number of benzene rings is 2. The van der Waals surface area contributed by atoms with E-state index in [9.17, 15) is 10.1 Å². The van der Waals surface area contributed by atoms with E-state index < -0.39 is 0 Å². The molecule has 0 atom stereocenters. The van der Waals surface area contributed by atoms with Crippen LogP contribution in [0.4, 0.5) is 5.69 Å². The third-order valence-corrected chi connectivity index (χ3v) is 3.38. The van der Waals surface area contributed by atoms with Crippen molar-refractivity contribution in [1.82, 2.24) is 0 Å². The van der Waals surface area contributed by atoms with Crippen LogP contribution in [-0.4, -0.2) is 4.92 Å². The summed E-state index contributed by atoms with van der Waals surface area (Å²) in [6.45, 7) is 1.78. The van der Waals surface area contributed by atoms with Gasteiger partial charge in [-0.15, -0.1) is 0 Å². The second kappa shape index (κ2) is 4.83. The topological polar surface area (TPSA) is 43.1 Å². The van der Waals surface area contributed by atoms with E-state index in [0.717, 1.165) is 14.7 Å². The maximum Gasteiger partial charge on any atom is 0.272 e. The summed E-state index contributed by atoms with van der Waals surface area (Å²) in [5.74, 6) is 0. The minimum atomic E-state index is -0.342. The first-order chi connectivity index (χ1) is 8.09. The Morgan fingerprint density at radius 2 is 1.76 bits per heavy atom. The van der Waals surface area contributed by atoms with Crippen molar-refractivity contribution in [1.29, 1.82) is 0 Å². The van der Waals surface area contributed by atoms with Crippen molar-refractivity contribution in [3.05, 3.63) is 61.7 Å². The molecule has 0 amide bonds. The number of rotatable bonds is 2. The molecule has 0 radical (unpaired) electrons. The van der Waals surface area contributed by atoms with Crippen molar-refractivity contribution in [2.75, 3.05) is 0 Å². The third kappa shape index (κ3) is 2.46. The van der Waals surface area contributed by atoms with Crippen LogP contribution in [0.25, 0.3) is 11.1 Å². The average molecular weight is 339 g/mol. The molecule has 0 saturated heterocycles. The molecule has 0 N–H and O–H groups in total. The summed E-state index contributed by atoms with van der Waals surface area (Å²) < 4.78 is 1.15. The van der Waals surface area contributed by atoms with Crippen molar-refractivity contribution in [2.45, 2.75) is 6.92 Å². The van der Waals surface area contributed by atoms with Gasteiger partial charge in [0.2, 0.25) is 0 Å². The van der Waals surface area contributed by atoms with Crippen LogP contribution < -0.4 is 0 Å². The molecule has 0 unspecified atom stereocenters. The minimum absolute atomic E-state index is 0.168. The molecule has 3 nitrogen and oxygen atoms in total. The molecule has 0 heterocycles. The van der Waals surface area contributed by atoms with E-state index in [2.05, 4.69) is 22.6 Å². The second-order valence-corrected chi connectivity index (χ2v) is 4.96. The molecule has 0 spiro atoms. The summed E-state index contributed by atoms with van der Waals surface area (Å²) in [4.78, 5) is 10.5. The molecule has 2 aromatic carbocycles. The zero-order valence-corrected chi connectivity index (χ0v) is 11.3. The van der Waals surface area contributed by atoms with Crippen LogP contribution in [0.1, 0.15) is 5.56 Å². The van der Waals surface area contributed by atoms with Gasteiger partial charge in [-0.2, -0.15) is 0 Å². The molecule has 86 valence electrons. The predicted molar refractivity (Wildman–Crippen MR) is 76.0 cm³/mol. The Morgan fingerprint density at radius 1 is 1.12 bits per heavy atom. The van der Waals surface area contributed by atoms with Gasteiger partial charge in [-0.25, -0.2) is 0 Å². The van der Waals surface area contributed by atoms with E-state index in [1.54, 1.807) is 13.0 Å². The number of nitro groups is 1. The van der Waals surface area contributed by atoms with Crippen LogP contribution in [-0.2, 0) is 0 Å². The van der Waals surface area contributed by atoms with Crippen molar-refractivity contribution in [3.8, 4) is 11.1 Å². The average Bonchev–Trinajstić information content (AvgIpc) is 2.30. The lowest BCUT2D eigenvalue weighted by molar-refractivity contribution is -0.385. The fraction of sp³-hybridized carbons (Fsp3) is 0.0769. The van der Waals surface area contributed by atoms with Gasteiger partial charge < -0.3 is 0 Å². The zero-order valence-electron chi connectivity index (χ0n) is 9.18. The van der Waals surface area contributed by atoms with E-state index in [1.807, 2.05) is 30.3 Å². The lowest BCUT2D eigenvalue weighted by Gasteiger charge is -2.06. The lowest BCUT2D eigenvalue weighted by atomic mass is 9.99. The molecule has 0 aliphatic rings. The van der Waals surface area contributed by atoms with E-state index in [0.29, 0.717) is 5.56 Å². The van der Waals surface area contributed by atoms with Gasteiger partial charge in [-0.3, -0.25) is 10.1 Å². The standard InChI is InChI=1S/C13H10INO2/c1-9-12(3-2-4-13(9)15(16)17)10-5-7-11(14)8-6-10/h2-8H,1H3. The fourth-order valence-corrected chi connectivity index (χ4v) is 2.12.